The van der Waals surface area contributed by atoms with Crippen molar-refractivity contribution in [3.8, 4) is 46.0 Å². The van der Waals surface area contributed by atoms with Gasteiger partial charge in [0.25, 0.3) is 0 Å². The fourth-order valence-electron chi connectivity index (χ4n) is 10.4. The second-order valence-electron chi connectivity index (χ2n) is 18.8. The molecule has 4 unspecified atom stereocenters. The Morgan fingerprint density at radius 1 is 0.266 bits per heavy atom. The highest BCUT2D eigenvalue weighted by Gasteiger charge is 2.33. The van der Waals surface area contributed by atoms with Gasteiger partial charge in [0, 0.05) is 80.3 Å². The lowest BCUT2D eigenvalue weighted by Gasteiger charge is -2.29. The topological polar surface area (TPSA) is 162 Å². The van der Waals surface area contributed by atoms with E-state index in [9.17, 15) is 40.9 Å². The third kappa shape index (κ3) is 12.3. The third-order valence-electron chi connectivity index (χ3n) is 14.2. The van der Waals surface area contributed by atoms with Crippen molar-refractivity contribution in [3.05, 3.63) is 93.0 Å². The van der Waals surface area contributed by atoms with Crippen molar-refractivity contribution >= 4 is 0 Å². The Kier molecular flexibility index (Phi) is 19.7. The molecule has 0 saturated carbocycles. The van der Waals surface area contributed by atoms with E-state index in [0.29, 0.717) is 70.2 Å². The van der Waals surface area contributed by atoms with Crippen molar-refractivity contribution in [1.29, 1.82) is 0 Å². The van der Waals surface area contributed by atoms with Crippen molar-refractivity contribution < 1.29 is 40.9 Å². The summed E-state index contributed by atoms with van der Waals surface area (Å²) in [7, 11) is 0. The van der Waals surface area contributed by atoms with E-state index in [2.05, 4.69) is 27.7 Å². The lowest BCUT2D eigenvalue weighted by molar-refractivity contribution is 0.384. The van der Waals surface area contributed by atoms with Crippen molar-refractivity contribution in [2.75, 3.05) is 0 Å². The van der Waals surface area contributed by atoms with E-state index in [0.717, 1.165) is 128 Å². The minimum absolute atomic E-state index is 0.130. The van der Waals surface area contributed by atoms with Crippen LogP contribution in [0.15, 0.2) is 48.5 Å². The van der Waals surface area contributed by atoms with Crippen LogP contribution in [0.1, 0.15) is 250 Å². The quantitative estimate of drug-likeness (QED) is 0.0255. The summed E-state index contributed by atoms with van der Waals surface area (Å²) in [5.74, 6) is -3.89. The molecule has 8 heteroatoms. The molecule has 352 valence electrons. The molecule has 0 aromatic heterocycles. The Bertz CT molecular complexity index is 1790. The number of hydrogen-bond donors (Lipinski definition) is 8. The normalized spacial score (nSPS) is 17.2. The van der Waals surface area contributed by atoms with Gasteiger partial charge in [0.05, 0.1) is 0 Å². The molecule has 0 radical (unpaired) electrons. The Hall–Kier alpha value is -4.72. The molecule has 8 nitrogen and oxygen atoms in total. The first-order valence-electron chi connectivity index (χ1n) is 25.2. The first-order chi connectivity index (χ1) is 31.0. The summed E-state index contributed by atoms with van der Waals surface area (Å²) in [5, 5.41) is 95.7. The van der Waals surface area contributed by atoms with Gasteiger partial charge >= 0.3 is 0 Å². The SMILES string of the molecule is CCCCCCCC1c2cc(c(O)cc2O)C(CCCCCCC)c2ccc(c(O)c2O)C(CCCCCCC)c2cc(c(O)cc2O)C(CCCCCCC)c2ccc1c(O)c2O. The first kappa shape index (κ1) is 50.3. The average molecular weight is 881 g/mol. The molecule has 0 aliphatic heterocycles. The molecule has 8 rings (SSSR count). The molecule has 8 N–H and O–H groups in total. The van der Waals surface area contributed by atoms with E-state index >= 15 is 0 Å². The van der Waals surface area contributed by atoms with Crippen LogP contribution in [0, 0.1) is 0 Å². The number of aromatic hydroxyl groups is 8. The first-order valence-corrected chi connectivity index (χ1v) is 25.2. The monoisotopic (exact) mass is 881 g/mol. The molecule has 0 heterocycles. The summed E-state index contributed by atoms with van der Waals surface area (Å²) in [5.41, 5.74) is 3.80. The van der Waals surface area contributed by atoms with Crippen molar-refractivity contribution in [1.82, 2.24) is 0 Å². The maximum atomic E-state index is 12.2. The second-order valence-corrected chi connectivity index (χ2v) is 18.8. The molecular weight excluding hydrogens is 801 g/mol. The summed E-state index contributed by atoms with van der Waals surface area (Å²) in [6, 6.07) is 13.7. The lowest BCUT2D eigenvalue weighted by atomic mass is 9.77. The molecule has 4 aliphatic carbocycles. The van der Waals surface area contributed by atoms with E-state index in [1.54, 1.807) is 12.1 Å². The molecule has 4 aromatic carbocycles. The number of unbranched alkanes of at least 4 members (excludes halogenated alkanes) is 16. The summed E-state index contributed by atoms with van der Waals surface area (Å²) in [4.78, 5) is 0. The molecule has 8 bridgehead atoms. The molecule has 0 saturated heterocycles. The van der Waals surface area contributed by atoms with Gasteiger partial charge in [0.2, 0.25) is 0 Å². The van der Waals surface area contributed by atoms with Gasteiger partial charge in [-0.25, -0.2) is 0 Å². The van der Waals surface area contributed by atoms with Crippen molar-refractivity contribution in [2.24, 2.45) is 0 Å². The molecule has 4 atom stereocenters. The van der Waals surface area contributed by atoms with E-state index in [4.69, 9.17) is 0 Å². The van der Waals surface area contributed by atoms with Crippen LogP contribution < -0.4 is 0 Å². The number of benzene rings is 4. The van der Waals surface area contributed by atoms with E-state index < -0.39 is 23.7 Å². The predicted octanol–water partition coefficient (Wildman–Crippen LogP) is 15.6. The van der Waals surface area contributed by atoms with Gasteiger partial charge in [0.15, 0.2) is 23.0 Å². The molecule has 4 aliphatic rings. The molecule has 4 aromatic rings. The van der Waals surface area contributed by atoms with Crippen LogP contribution in [0.3, 0.4) is 0 Å². The summed E-state index contributed by atoms with van der Waals surface area (Å²) < 4.78 is 0. The van der Waals surface area contributed by atoms with Crippen LogP contribution in [0.25, 0.3) is 0 Å². The lowest BCUT2D eigenvalue weighted by Crippen LogP contribution is -2.10. The smallest absolute Gasteiger partial charge is 0.161 e. The number of phenolic OH excluding ortho intramolecular Hbond substituents is 8. The molecule has 0 amide bonds. The zero-order valence-corrected chi connectivity index (χ0v) is 39.5. The highest BCUT2D eigenvalue weighted by atomic mass is 16.3. The fraction of sp³-hybridized carbons (Fsp3) is 0.571. The standard InChI is InChI=1S/C56H80O8/c1-5-9-13-17-21-25-37-41-29-30-42(54(62)53(41)61)39(27-23-19-15-11-7-3)47-34-48(52(60)36-51(47)59)40(28-24-20-16-12-8-4)44-32-31-43(55(63)56(44)64)38(26-22-18-14-10-6-2)46-33-45(37)49(57)35-50(46)58/h29-40,57-64H,5-28H2,1-4H3. The predicted molar refractivity (Wildman–Crippen MR) is 260 cm³/mol. The zero-order chi connectivity index (χ0) is 46.2. The Labute approximate surface area is 384 Å². The Balaban J connectivity index is 1.81. The van der Waals surface area contributed by atoms with Crippen LogP contribution in [-0.4, -0.2) is 40.9 Å². The maximum absolute atomic E-state index is 12.2. The van der Waals surface area contributed by atoms with Gasteiger partial charge in [-0.05, 0) is 37.8 Å². The van der Waals surface area contributed by atoms with Crippen LogP contribution in [0.4, 0.5) is 0 Å². The summed E-state index contributed by atoms with van der Waals surface area (Å²) >= 11 is 0. The average Bonchev–Trinajstić information content (AvgIpc) is 3.27. The van der Waals surface area contributed by atoms with Gasteiger partial charge in [-0.2, -0.15) is 0 Å². The third-order valence-corrected chi connectivity index (χ3v) is 14.2. The van der Waals surface area contributed by atoms with E-state index in [1.165, 1.54) is 12.1 Å². The van der Waals surface area contributed by atoms with Crippen LogP contribution in [0.5, 0.6) is 46.0 Å². The Morgan fingerprint density at radius 2 is 0.469 bits per heavy atom. The van der Waals surface area contributed by atoms with Crippen LogP contribution in [0.2, 0.25) is 0 Å². The highest BCUT2D eigenvalue weighted by molar-refractivity contribution is 5.63. The number of phenols is 8. The van der Waals surface area contributed by atoms with Gasteiger partial charge in [-0.3, -0.25) is 0 Å². The largest absolute Gasteiger partial charge is 0.508 e. The van der Waals surface area contributed by atoms with Gasteiger partial charge in [0.1, 0.15) is 23.0 Å². The summed E-state index contributed by atoms with van der Waals surface area (Å²) in [6.45, 7) is 8.67. The summed E-state index contributed by atoms with van der Waals surface area (Å²) in [6.07, 6.45) is 22.1. The minimum Gasteiger partial charge on any atom is -0.508 e. The molecule has 64 heavy (non-hydrogen) atoms. The van der Waals surface area contributed by atoms with Crippen LogP contribution >= 0.6 is 0 Å². The fourth-order valence-corrected chi connectivity index (χ4v) is 10.4. The highest BCUT2D eigenvalue weighted by Crippen LogP contribution is 2.53. The number of hydrogen-bond acceptors (Lipinski definition) is 8. The van der Waals surface area contributed by atoms with E-state index in [1.807, 2.05) is 24.3 Å². The van der Waals surface area contributed by atoms with Crippen molar-refractivity contribution in [3.63, 3.8) is 0 Å². The minimum atomic E-state index is -0.561. The maximum Gasteiger partial charge on any atom is 0.161 e. The van der Waals surface area contributed by atoms with Gasteiger partial charge in [-0.1, -0.05) is 180 Å². The van der Waals surface area contributed by atoms with Crippen LogP contribution in [-0.2, 0) is 0 Å². The van der Waals surface area contributed by atoms with E-state index in [-0.39, 0.29) is 46.0 Å². The van der Waals surface area contributed by atoms with Gasteiger partial charge in [-0.15, -0.1) is 0 Å². The molecule has 0 spiro atoms. The zero-order valence-electron chi connectivity index (χ0n) is 39.5. The van der Waals surface area contributed by atoms with Crippen molar-refractivity contribution in [2.45, 2.75) is 205 Å². The Morgan fingerprint density at radius 3 is 0.672 bits per heavy atom. The number of rotatable bonds is 24. The van der Waals surface area contributed by atoms with Gasteiger partial charge < -0.3 is 40.9 Å². The second kappa shape index (κ2) is 25.1. The molecular formula is C56H80O8. The molecule has 0 fully saturated rings.